The number of hydrogen-bond donors (Lipinski definition) is 2. The highest BCUT2D eigenvalue weighted by Gasteiger charge is 2.05. The van der Waals surface area contributed by atoms with Crippen molar-refractivity contribution in [1.82, 2.24) is 5.32 Å². The fraction of sp³-hybridized carbons (Fsp3) is 0.200. The molecule has 0 bridgehead atoms. The predicted octanol–water partition coefficient (Wildman–Crippen LogP) is 3.94. The van der Waals surface area contributed by atoms with Gasteiger partial charge in [-0.1, -0.05) is 45.8 Å². The molecule has 0 saturated heterocycles. The third-order valence-corrected chi connectivity index (χ3v) is 4.03. The van der Waals surface area contributed by atoms with Gasteiger partial charge in [0.05, 0.1) is 6.42 Å². The maximum atomic E-state index is 11.8. The molecule has 0 spiro atoms. The number of ether oxygens (including phenoxy) is 1. The highest BCUT2D eigenvalue weighted by Crippen LogP contribution is 2.25. The van der Waals surface area contributed by atoms with E-state index in [4.69, 9.17) is 9.84 Å². The molecule has 2 rings (SSSR count). The van der Waals surface area contributed by atoms with E-state index in [2.05, 4.69) is 21.2 Å². The van der Waals surface area contributed by atoms with Gasteiger partial charge >= 0.3 is 5.97 Å². The van der Waals surface area contributed by atoms with Crippen molar-refractivity contribution < 1.29 is 19.4 Å². The fourth-order valence-electron chi connectivity index (χ4n) is 2.14. The van der Waals surface area contributed by atoms with Crippen LogP contribution in [0.1, 0.15) is 23.1 Å². The first-order valence-corrected chi connectivity index (χ1v) is 8.89. The summed E-state index contributed by atoms with van der Waals surface area (Å²) in [5, 5.41) is 11.1. The molecule has 0 heterocycles. The summed E-state index contributed by atoms with van der Waals surface area (Å²) in [5.41, 5.74) is 3.00. The number of aryl methyl sites for hydroxylation is 1. The van der Waals surface area contributed by atoms with Crippen molar-refractivity contribution in [2.75, 3.05) is 6.54 Å². The van der Waals surface area contributed by atoms with Crippen molar-refractivity contribution in [2.45, 2.75) is 20.0 Å². The minimum Gasteiger partial charge on any atom is -0.488 e. The van der Waals surface area contributed by atoms with Crippen molar-refractivity contribution in [3.63, 3.8) is 0 Å². The summed E-state index contributed by atoms with van der Waals surface area (Å²) in [6.07, 6.45) is 2.90. The molecule has 0 aliphatic carbocycles. The number of hydrogen-bond acceptors (Lipinski definition) is 3. The largest absolute Gasteiger partial charge is 0.488 e. The van der Waals surface area contributed by atoms with E-state index in [9.17, 15) is 9.59 Å². The first-order chi connectivity index (χ1) is 12.4. The second-order valence-electron chi connectivity index (χ2n) is 5.72. The summed E-state index contributed by atoms with van der Waals surface area (Å²) in [5.74, 6) is -0.646. The average Bonchev–Trinajstić information content (AvgIpc) is 2.60. The molecule has 2 aromatic carbocycles. The topological polar surface area (TPSA) is 75.6 Å². The van der Waals surface area contributed by atoms with Crippen molar-refractivity contribution >= 4 is 33.9 Å². The molecule has 0 aromatic heterocycles. The van der Waals surface area contributed by atoms with Crippen LogP contribution in [0.5, 0.6) is 5.75 Å². The summed E-state index contributed by atoms with van der Waals surface area (Å²) >= 11 is 3.41. The second-order valence-corrected chi connectivity index (χ2v) is 6.64. The molecule has 0 aliphatic rings. The van der Waals surface area contributed by atoms with E-state index < -0.39 is 5.97 Å². The Morgan fingerprint density at radius 3 is 2.62 bits per heavy atom. The number of carbonyl (C=O) groups is 2. The maximum Gasteiger partial charge on any atom is 0.305 e. The summed E-state index contributed by atoms with van der Waals surface area (Å²) in [6.45, 7) is 2.55. The Kier molecular flexibility index (Phi) is 7.41. The van der Waals surface area contributed by atoms with Crippen LogP contribution in [0.15, 0.2) is 53.0 Å². The van der Waals surface area contributed by atoms with Gasteiger partial charge in [-0.2, -0.15) is 0 Å². The SMILES string of the molecule is Cc1ccc(COc2ccc(Br)cc2/C=C/C(=O)NCCC(=O)O)cc1. The number of halogens is 1. The molecule has 26 heavy (non-hydrogen) atoms. The van der Waals surface area contributed by atoms with Gasteiger partial charge in [0, 0.05) is 22.7 Å². The number of carboxylic acid groups (broad SMARTS) is 1. The molecule has 0 unspecified atom stereocenters. The van der Waals surface area contributed by atoms with Crippen LogP contribution in [0.25, 0.3) is 6.08 Å². The lowest BCUT2D eigenvalue weighted by Crippen LogP contribution is -2.23. The molecule has 0 atom stereocenters. The van der Waals surface area contributed by atoms with E-state index in [1.807, 2.05) is 49.4 Å². The first kappa shape index (κ1) is 19.7. The second kappa shape index (κ2) is 9.77. The zero-order valence-corrected chi connectivity index (χ0v) is 16.0. The molecule has 0 aliphatic heterocycles. The quantitative estimate of drug-likeness (QED) is 0.637. The lowest BCUT2D eigenvalue weighted by atomic mass is 10.1. The highest BCUT2D eigenvalue weighted by molar-refractivity contribution is 9.10. The number of carboxylic acids is 1. The van der Waals surface area contributed by atoms with Gasteiger partial charge in [-0.25, -0.2) is 0 Å². The van der Waals surface area contributed by atoms with Crippen LogP contribution in [0.2, 0.25) is 0 Å². The zero-order valence-electron chi connectivity index (χ0n) is 14.4. The summed E-state index contributed by atoms with van der Waals surface area (Å²) in [4.78, 5) is 22.2. The monoisotopic (exact) mass is 417 g/mol. The number of rotatable bonds is 8. The van der Waals surface area contributed by atoms with E-state index in [0.717, 1.165) is 15.6 Å². The van der Waals surface area contributed by atoms with E-state index in [1.54, 1.807) is 6.08 Å². The smallest absolute Gasteiger partial charge is 0.305 e. The number of aliphatic carboxylic acids is 1. The molecule has 2 N–H and O–H groups in total. The van der Waals surface area contributed by atoms with Gasteiger partial charge in [-0.3, -0.25) is 9.59 Å². The Labute approximate surface area is 160 Å². The van der Waals surface area contributed by atoms with Gasteiger partial charge in [0.25, 0.3) is 0 Å². The normalized spacial score (nSPS) is 10.7. The first-order valence-electron chi connectivity index (χ1n) is 8.09. The van der Waals surface area contributed by atoms with E-state index >= 15 is 0 Å². The molecule has 1 amide bonds. The van der Waals surface area contributed by atoms with Crippen molar-refractivity contribution in [2.24, 2.45) is 0 Å². The minimum absolute atomic E-state index is 0.0910. The Hall–Kier alpha value is -2.60. The fourth-order valence-corrected chi connectivity index (χ4v) is 2.52. The van der Waals surface area contributed by atoms with E-state index in [0.29, 0.717) is 12.4 Å². The highest BCUT2D eigenvalue weighted by atomic mass is 79.9. The number of carbonyl (C=O) groups excluding carboxylic acids is 1. The molecule has 0 radical (unpaired) electrons. The molecule has 2 aromatic rings. The molecule has 136 valence electrons. The number of amides is 1. The molecule has 5 nitrogen and oxygen atoms in total. The molecular formula is C20H20BrNO4. The Morgan fingerprint density at radius 1 is 1.19 bits per heavy atom. The van der Waals surface area contributed by atoms with Gasteiger partial charge in [-0.15, -0.1) is 0 Å². The van der Waals surface area contributed by atoms with Gasteiger partial charge < -0.3 is 15.2 Å². The summed E-state index contributed by atoms with van der Waals surface area (Å²) in [6, 6.07) is 13.6. The van der Waals surface area contributed by atoms with Crippen LogP contribution in [-0.2, 0) is 16.2 Å². The Morgan fingerprint density at radius 2 is 1.92 bits per heavy atom. The maximum absolute atomic E-state index is 11.8. The standard InChI is InChI=1S/C20H20BrNO4/c1-14-2-4-15(5-3-14)13-26-18-8-7-17(21)12-16(18)6-9-19(23)22-11-10-20(24)25/h2-9,12H,10-11,13H2,1H3,(H,22,23)(H,24,25)/b9-6+. The molecule has 0 fully saturated rings. The van der Waals surface area contributed by atoms with Crippen LogP contribution in [0, 0.1) is 6.92 Å². The van der Waals surface area contributed by atoms with E-state index in [1.165, 1.54) is 11.6 Å². The molecule has 6 heteroatoms. The van der Waals surface area contributed by atoms with Crippen LogP contribution in [0.4, 0.5) is 0 Å². The lowest BCUT2D eigenvalue weighted by molar-refractivity contribution is -0.136. The molecular weight excluding hydrogens is 398 g/mol. The van der Waals surface area contributed by atoms with Gasteiger partial charge in [0.2, 0.25) is 5.91 Å². The van der Waals surface area contributed by atoms with Crippen LogP contribution < -0.4 is 10.1 Å². The number of nitrogens with one attached hydrogen (secondary N) is 1. The third kappa shape index (κ3) is 6.72. The average molecular weight is 418 g/mol. The minimum atomic E-state index is -0.951. The van der Waals surface area contributed by atoms with Crippen LogP contribution in [0.3, 0.4) is 0 Å². The summed E-state index contributed by atoms with van der Waals surface area (Å²) in [7, 11) is 0. The van der Waals surface area contributed by atoms with Gasteiger partial charge in [0.1, 0.15) is 12.4 Å². The molecule has 0 saturated carbocycles. The van der Waals surface area contributed by atoms with Gasteiger partial charge in [-0.05, 0) is 36.8 Å². The Bertz CT molecular complexity index is 800. The van der Waals surface area contributed by atoms with Crippen LogP contribution >= 0.6 is 15.9 Å². The van der Waals surface area contributed by atoms with Crippen molar-refractivity contribution in [3.8, 4) is 5.75 Å². The zero-order chi connectivity index (χ0) is 18.9. The summed E-state index contributed by atoms with van der Waals surface area (Å²) < 4.78 is 6.75. The third-order valence-electron chi connectivity index (χ3n) is 3.54. The van der Waals surface area contributed by atoms with Crippen LogP contribution in [-0.4, -0.2) is 23.5 Å². The predicted molar refractivity (Wildman–Crippen MR) is 104 cm³/mol. The van der Waals surface area contributed by atoms with Crippen molar-refractivity contribution in [1.29, 1.82) is 0 Å². The van der Waals surface area contributed by atoms with E-state index in [-0.39, 0.29) is 18.9 Å². The number of benzene rings is 2. The van der Waals surface area contributed by atoms with Crippen molar-refractivity contribution in [3.05, 3.63) is 69.7 Å². The Balaban J connectivity index is 2.02. The lowest BCUT2D eigenvalue weighted by Gasteiger charge is -2.10. The van der Waals surface area contributed by atoms with Gasteiger partial charge in [0.15, 0.2) is 0 Å².